The average Bonchev–Trinajstić information content (AvgIpc) is 3.30. The predicted molar refractivity (Wildman–Crippen MR) is 123 cm³/mol. The molecule has 1 saturated heterocycles. The van der Waals surface area contributed by atoms with E-state index < -0.39 is 21.9 Å². The fourth-order valence-electron chi connectivity index (χ4n) is 3.26. The van der Waals surface area contributed by atoms with Crippen LogP contribution in [-0.2, 0) is 19.6 Å². The van der Waals surface area contributed by atoms with Gasteiger partial charge in [0.15, 0.2) is 0 Å². The molecule has 0 aromatic heterocycles. The van der Waals surface area contributed by atoms with Crippen molar-refractivity contribution in [3.8, 4) is 6.07 Å². The summed E-state index contributed by atoms with van der Waals surface area (Å²) in [6.45, 7) is 0.106. The molecule has 0 saturated carbocycles. The zero-order valence-electron chi connectivity index (χ0n) is 17.9. The summed E-state index contributed by atoms with van der Waals surface area (Å²) in [5.41, 5.74) is 1.02. The minimum absolute atomic E-state index is 0.0202. The van der Waals surface area contributed by atoms with Crippen LogP contribution in [0.15, 0.2) is 53.4 Å². The highest BCUT2D eigenvalue weighted by Gasteiger charge is 2.34. The summed E-state index contributed by atoms with van der Waals surface area (Å²) in [4.78, 5) is 26.9. The maximum absolute atomic E-state index is 13.1. The molecule has 174 valence electrons. The first-order valence-corrected chi connectivity index (χ1v) is 12.7. The van der Waals surface area contributed by atoms with E-state index in [1.54, 1.807) is 24.3 Å². The molecule has 3 rings (SSSR count). The van der Waals surface area contributed by atoms with Crippen LogP contribution in [0, 0.1) is 17.1 Å². The van der Waals surface area contributed by atoms with Gasteiger partial charge in [-0.05, 0) is 55.0 Å². The van der Waals surface area contributed by atoms with E-state index in [2.05, 4.69) is 5.32 Å². The van der Waals surface area contributed by atoms with Crippen LogP contribution in [0.5, 0.6) is 0 Å². The number of amides is 2. The molecule has 1 heterocycles. The van der Waals surface area contributed by atoms with Gasteiger partial charge in [0, 0.05) is 31.5 Å². The third kappa shape index (κ3) is 6.10. The molecule has 1 aliphatic heterocycles. The van der Waals surface area contributed by atoms with Gasteiger partial charge in [-0.1, -0.05) is 0 Å². The summed E-state index contributed by atoms with van der Waals surface area (Å²) in [6, 6.07) is 12.4. The van der Waals surface area contributed by atoms with E-state index in [0.717, 1.165) is 16.4 Å². The van der Waals surface area contributed by atoms with Crippen molar-refractivity contribution in [2.24, 2.45) is 0 Å². The van der Waals surface area contributed by atoms with Crippen molar-refractivity contribution in [1.82, 2.24) is 9.21 Å². The van der Waals surface area contributed by atoms with Gasteiger partial charge in [0.05, 0.1) is 22.4 Å². The number of nitriles is 1. The van der Waals surface area contributed by atoms with Gasteiger partial charge in [0.2, 0.25) is 21.8 Å². The number of carbonyl (C=O) groups excluding carboxylic acids is 2. The number of nitrogens with one attached hydrogen (secondary N) is 1. The standard InChI is InChI=1S/C22H23FN4O4S2/c1-26(33(30,31)19-10-6-17(23)7-11-19)12-2-3-21(28)27-15-32-14-20(27)22(29)25-18-8-4-16(13-24)5-9-18/h4-11,20H,2-3,12,14-15H2,1H3,(H,25,29). The van der Waals surface area contributed by atoms with Crippen molar-refractivity contribution in [3.05, 3.63) is 59.9 Å². The van der Waals surface area contributed by atoms with Gasteiger partial charge >= 0.3 is 0 Å². The predicted octanol–water partition coefficient (Wildman–Crippen LogP) is 2.64. The van der Waals surface area contributed by atoms with Gasteiger partial charge in [-0.2, -0.15) is 5.26 Å². The number of hydrogen-bond acceptors (Lipinski definition) is 6. The van der Waals surface area contributed by atoms with Gasteiger partial charge in [0.25, 0.3) is 0 Å². The van der Waals surface area contributed by atoms with Crippen LogP contribution in [0.1, 0.15) is 18.4 Å². The molecular formula is C22H23FN4O4S2. The number of thioether (sulfide) groups is 1. The number of nitrogens with zero attached hydrogens (tertiary/aromatic N) is 3. The molecular weight excluding hydrogens is 467 g/mol. The first-order chi connectivity index (χ1) is 15.7. The Balaban J connectivity index is 1.53. The lowest BCUT2D eigenvalue weighted by molar-refractivity contribution is -0.136. The van der Waals surface area contributed by atoms with Gasteiger partial charge in [0.1, 0.15) is 11.9 Å². The molecule has 11 heteroatoms. The topological polar surface area (TPSA) is 111 Å². The second-order valence-corrected chi connectivity index (χ2v) is 10.5. The van der Waals surface area contributed by atoms with Crippen LogP contribution < -0.4 is 5.32 Å². The normalized spacial score (nSPS) is 15.9. The van der Waals surface area contributed by atoms with Crippen LogP contribution >= 0.6 is 11.8 Å². The highest BCUT2D eigenvalue weighted by molar-refractivity contribution is 7.99. The summed E-state index contributed by atoms with van der Waals surface area (Å²) >= 11 is 1.47. The molecule has 1 N–H and O–H groups in total. The highest BCUT2D eigenvalue weighted by Crippen LogP contribution is 2.24. The van der Waals surface area contributed by atoms with Crippen molar-refractivity contribution < 1.29 is 22.4 Å². The average molecular weight is 491 g/mol. The van der Waals surface area contributed by atoms with E-state index in [9.17, 15) is 22.4 Å². The number of benzene rings is 2. The first-order valence-electron chi connectivity index (χ1n) is 10.1. The van der Waals surface area contributed by atoms with Crippen LogP contribution in [-0.4, -0.2) is 60.7 Å². The van der Waals surface area contributed by atoms with Crippen molar-refractivity contribution in [3.63, 3.8) is 0 Å². The van der Waals surface area contributed by atoms with Gasteiger partial charge in [-0.3, -0.25) is 9.59 Å². The molecule has 0 radical (unpaired) electrons. The minimum Gasteiger partial charge on any atom is -0.324 e. The van der Waals surface area contributed by atoms with Crippen molar-refractivity contribution in [1.29, 1.82) is 5.26 Å². The highest BCUT2D eigenvalue weighted by atomic mass is 32.2. The summed E-state index contributed by atoms with van der Waals surface area (Å²) in [6.07, 6.45) is 0.366. The molecule has 2 amide bonds. The number of carbonyl (C=O) groups is 2. The van der Waals surface area contributed by atoms with E-state index in [4.69, 9.17) is 5.26 Å². The van der Waals surface area contributed by atoms with E-state index in [-0.39, 0.29) is 36.1 Å². The first kappa shape index (κ1) is 24.7. The van der Waals surface area contributed by atoms with Gasteiger partial charge < -0.3 is 10.2 Å². The van der Waals surface area contributed by atoms with Crippen LogP contribution in [0.3, 0.4) is 0 Å². The SMILES string of the molecule is CN(CCCC(=O)N1CSCC1C(=O)Nc1ccc(C#N)cc1)S(=O)(=O)c1ccc(F)cc1. The zero-order chi connectivity index (χ0) is 24.0. The zero-order valence-corrected chi connectivity index (χ0v) is 19.5. The molecule has 0 spiro atoms. The third-order valence-electron chi connectivity index (χ3n) is 5.17. The Bertz CT molecular complexity index is 1150. The summed E-state index contributed by atoms with van der Waals surface area (Å²) in [5.74, 6) is -0.217. The van der Waals surface area contributed by atoms with Crippen molar-refractivity contribution in [2.75, 3.05) is 30.5 Å². The third-order valence-corrected chi connectivity index (χ3v) is 8.06. The number of rotatable bonds is 8. The number of anilines is 1. The van der Waals surface area contributed by atoms with Gasteiger partial charge in [-0.25, -0.2) is 17.1 Å². The number of halogens is 1. The lowest BCUT2D eigenvalue weighted by Gasteiger charge is -2.24. The molecule has 2 aromatic rings. The quantitative estimate of drug-likeness (QED) is 0.609. The summed E-state index contributed by atoms with van der Waals surface area (Å²) < 4.78 is 39.3. The Hall–Kier alpha value is -2.94. The smallest absolute Gasteiger partial charge is 0.248 e. The van der Waals surface area contributed by atoms with E-state index >= 15 is 0 Å². The fraction of sp³-hybridized carbons (Fsp3) is 0.318. The van der Waals surface area contributed by atoms with E-state index in [1.165, 1.54) is 35.8 Å². The summed E-state index contributed by atoms with van der Waals surface area (Å²) in [5, 5.41) is 11.6. The largest absolute Gasteiger partial charge is 0.324 e. The van der Waals surface area contributed by atoms with Crippen molar-refractivity contribution >= 4 is 39.3 Å². The molecule has 33 heavy (non-hydrogen) atoms. The maximum Gasteiger partial charge on any atom is 0.248 e. The Kier molecular flexibility index (Phi) is 8.07. The van der Waals surface area contributed by atoms with Gasteiger partial charge in [-0.15, -0.1) is 11.8 Å². The molecule has 1 fully saturated rings. The number of sulfonamides is 1. The molecule has 8 nitrogen and oxygen atoms in total. The Morgan fingerprint density at radius 1 is 1.21 bits per heavy atom. The Morgan fingerprint density at radius 3 is 2.52 bits per heavy atom. The molecule has 2 aromatic carbocycles. The van der Waals surface area contributed by atoms with Crippen LogP contribution in [0.25, 0.3) is 0 Å². The number of hydrogen-bond donors (Lipinski definition) is 1. The second kappa shape index (κ2) is 10.8. The lowest BCUT2D eigenvalue weighted by atomic mass is 10.2. The lowest BCUT2D eigenvalue weighted by Crippen LogP contribution is -2.44. The molecule has 0 bridgehead atoms. The Labute approximate surface area is 196 Å². The van der Waals surface area contributed by atoms with Crippen LogP contribution in [0.4, 0.5) is 10.1 Å². The van der Waals surface area contributed by atoms with E-state index in [0.29, 0.717) is 22.9 Å². The molecule has 1 unspecified atom stereocenters. The fourth-order valence-corrected chi connectivity index (χ4v) is 5.65. The second-order valence-electron chi connectivity index (χ2n) is 7.44. The minimum atomic E-state index is -3.78. The monoisotopic (exact) mass is 490 g/mol. The molecule has 1 atom stereocenters. The van der Waals surface area contributed by atoms with E-state index in [1.807, 2.05) is 6.07 Å². The molecule has 1 aliphatic rings. The van der Waals surface area contributed by atoms with Crippen LogP contribution in [0.2, 0.25) is 0 Å². The maximum atomic E-state index is 13.1. The summed E-state index contributed by atoms with van der Waals surface area (Å²) in [7, 11) is -2.38. The van der Waals surface area contributed by atoms with Crippen molar-refractivity contribution in [2.45, 2.75) is 23.8 Å². The molecule has 0 aliphatic carbocycles. The Morgan fingerprint density at radius 2 is 1.88 bits per heavy atom.